The number of nitrogens with zero attached hydrogens (tertiary/aromatic N) is 2. The van der Waals surface area contributed by atoms with Gasteiger partial charge in [0.1, 0.15) is 17.3 Å². The Morgan fingerprint density at radius 2 is 1.81 bits per heavy atom. The summed E-state index contributed by atoms with van der Waals surface area (Å²) in [6.07, 6.45) is 5.79. The molecule has 2 aromatic carbocycles. The van der Waals surface area contributed by atoms with Crippen molar-refractivity contribution < 1.29 is 19.1 Å². The SMILES string of the molecule is COC(=O)c1ccc2c(c1)[nH]c1nc(Cc3ccccc3)nc(NCCCNCCCNC(=O)CCCCC3SCC4NC(=O)NC43)c12. The third kappa shape index (κ3) is 8.37. The molecule has 2 aliphatic heterocycles. The van der Waals surface area contributed by atoms with Crippen LogP contribution < -0.4 is 26.6 Å². The highest BCUT2D eigenvalue weighted by Crippen LogP contribution is 2.33. The van der Waals surface area contributed by atoms with Gasteiger partial charge in [-0.3, -0.25) is 4.79 Å². The van der Waals surface area contributed by atoms with Gasteiger partial charge in [0.05, 0.1) is 30.1 Å². The molecule has 2 aromatic heterocycles. The smallest absolute Gasteiger partial charge is 0.337 e. The number of nitrogens with one attached hydrogen (secondary N) is 6. The highest BCUT2D eigenvalue weighted by Gasteiger charge is 2.42. The van der Waals surface area contributed by atoms with Crippen molar-refractivity contribution >= 4 is 57.4 Å². The van der Waals surface area contributed by atoms with Gasteiger partial charge in [0, 0.05) is 47.8 Å². The molecule has 48 heavy (non-hydrogen) atoms. The number of carbonyl (C=O) groups is 3. The van der Waals surface area contributed by atoms with Crippen molar-refractivity contribution in [1.82, 2.24) is 36.2 Å². The first-order chi connectivity index (χ1) is 23.5. The zero-order chi connectivity index (χ0) is 33.3. The van der Waals surface area contributed by atoms with Crippen LogP contribution in [0.15, 0.2) is 48.5 Å². The van der Waals surface area contributed by atoms with Gasteiger partial charge in [-0.05, 0) is 56.5 Å². The molecule has 2 aliphatic rings. The van der Waals surface area contributed by atoms with Crippen LogP contribution in [0.5, 0.6) is 0 Å². The first-order valence-corrected chi connectivity index (χ1v) is 17.9. The maximum Gasteiger partial charge on any atom is 0.337 e. The Labute approximate surface area is 284 Å². The monoisotopic (exact) mass is 672 g/mol. The van der Waals surface area contributed by atoms with E-state index in [1.807, 2.05) is 36.0 Å². The van der Waals surface area contributed by atoms with Gasteiger partial charge in [-0.25, -0.2) is 19.6 Å². The van der Waals surface area contributed by atoms with E-state index < -0.39 is 0 Å². The summed E-state index contributed by atoms with van der Waals surface area (Å²) in [5.74, 6) is 2.15. The molecule has 2 fully saturated rings. The summed E-state index contributed by atoms with van der Waals surface area (Å²) in [6.45, 7) is 3.04. The summed E-state index contributed by atoms with van der Waals surface area (Å²) >= 11 is 1.92. The second-order valence-corrected chi connectivity index (χ2v) is 13.6. The van der Waals surface area contributed by atoms with Crippen LogP contribution in [0.3, 0.4) is 0 Å². The van der Waals surface area contributed by atoms with Crippen molar-refractivity contribution in [3.05, 3.63) is 65.5 Å². The zero-order valence-corrected chi connectivity index (χ0v) is 28.1. The average molecular weight is 673 g/mol. The standard InChI is InChI=1S/C35H44N8O4S/c1-47-34(45)23-13-14-24-25(20-23)39-33-30(24)32(41-28(42-33)19-22-9-3-2-4-10-22)38-18-8-16-36-15-7-17-37-29(44)12-6-5-11-27-31-26(21-48-27)40-35(46)43-31/h2-4,9-10,13-14,20,26-27,31,36H,5-8,11-12,15-19,21H2,1H3,(H,37,44)(H2,40,43,46)(H2,38,39,41,42). The Kier molecular flexibility index (Phi) is 11.3. The van der Waals surface area contributed by atoms with Crippen LogP contribution >= 0.6 is 11.8 Å². The van der Waals surface area contributed by atoms with Crippen LogP contribution in [0.4, 0.5) is 10.6 Å². The maximum atomic E-state index is 12.3. The molecule has 4 aromatic rings. The van der Waals surface area contributed by atoms with Gasteiger partial charge in [0.2, 0.25) is 5.91 Å². The summed E-state index contributed by atoms with van der Waals surface area (Å²) in [5.41, 5.74) is 3.12. The number of ether oxygens (including phenoxy) is 1. The molecule has 0 bridgehead atoms. The predicted molar refractivity (Wildman–Crippen MR) is 190 cm³/mol. The van der Waals surface area contributed by atoms with Crippen molar-refractivity contribution in [2.45, 2.75) is 62.3 Å². The number of anilines is 1. The molecule has 0 aliphatic carbocycles. The molecule has 2 saturated heterocycles. The molecule has 0 saturated carbocycles. The minimum atomic E-state index is -0.386. The Balaban J connectivity index is 0.917. The number of aromatic nitrogens is 3. The van der Waals surface area contributed by atoms with Gasteiger partial charge >= 0.3 is 12.0 Å². The number of esters is 1. The lowest BCUT2D eigenvalue weighted by Gasteiger charge is -2.16. The fourth-order valence-corrected chi connectivity index (χ4v) is 7.97. The third-order valence-electron chi connectivity index (χ3n) is 8.88. The van der Waals surface area contributed by atoms with E-state index in [0.29, 0.717) is 36.0 Å². The van der Waals surface area contributed by atoms with Crippen LogP contribution in [0.1, 0.15) is 60.3 Å². The Hall–Kier alpha value is -4.36. The third-order valence-corrected chi connectivity index (χ3v) is 10.4. The fraction of sp³-hybridized carbons (Fsp3) is 0.457. The minimum Gasteiger partial charge on any atom is -0.465 e. The first-order valence-electron chi connectivity index (χ1n) is 16.8. The van der Waals surface area contributed by atoms with E-state index in [-0.39, 0.29) is 30.0 Å². The van der Waals surface area contributed by atoms with Gasteiger partial charge < -0.3 is 36.3 Å². The van der Waals surface area contributed by atoms with Crippen LogP contribution in [-0.2, 0) is 16.0 Å². The summed E-state index contributed by atoms with van der Waals surface area (Å²) in [6, 6.07) is 16.0. The number of aromatic amines is 1. The van der Waals surface area contributed by atoms with Crippen molar-refractivity contribution in [3.8, 4) is 0 Å². The Morgan fingerprint density at radius 1 is 0.979 bits per heavy atom. The summed E-state index contributed by atoms with van der Waals surface area (Å²) in [7, 11) is 1.38. The quantitative estimate of drug-likeness (QED) is 0.0551. The van der Waals surface area contributed by atoms with Gasteiger partial charge in [-0.15, -0.1) is 0 Å². The molecule has 12 nitrogen and oxygen atoms in total. The zero-order valence-electron chi connectivity index (χ0n) is 27.3. The second kappa shape index (κ2) is 16.2. The maximum absolute atomic E-state index is 12.3. The number of unbranched alkanes of at least 4 members (excludes halogenated alkanes) is 1. The van der Waals surface area contributed by atoms with Crippen LogP contribution in [0, 0.1) is 0 Å². The molecular formula is C35H44N8O4S. The summed E-state index contributed by atoms with van der Waals surface area (Å²) in [5, 5.41) is 18.3. The lowest BCUT2D eigenvalue weighted by atomic mass is 10.0. The molecule has 0 spiro atoms. The lowest BCUT2D eigenvalue weighted by molar-refractivity contribution is -0.121. The molecule has 3 unspecified atom stereocenters. The van der Waals surface area contributed by atoms with E-state index in [1.165, 1.54) is 7.11 Å². The van der Waals surface area contributed by atoms with Gasteiger partial charge in [-0.2, -0.15) is 11.8 Å². The predicted octanol–water partition coefficient (Wildman–Crippen LogP) is 4.11. The minimum absolute atomic E-state index is 0.0536. The Morgan fingerprint density at radius 3 is 2.65 bits per heavy atom. The molecule has 6 N–H and O–H groups in total. The highest BCUT2D eigenvalue weighted by atomic mass is 32.2. The number of fused-ring (bicyclic) bond motifs is 4. The topological polar surface area (TPSA) is 162 Å². The van der Waals surface area contributed by atoms with E-state index in [4.69, 9.17) is 14.7 Å². The number of urea groups is 1. The van der Waals surface area contributed by atoms with Crippen LogP contribution in [-0.4, -0.2) is 89.2 Å². The molecule has 6 rings (SSSR count). The lowest BCUT2D eigenvalue weighted by Crippen LogP contribution is -2.36. The molecule has 3 amide bonds. The van der Waals surface area contributed by atoms with Gasteiger partial charge in [-0.1, -0.05) is 42.8 Å². The average Bonchev–Trinajstić information content (AvgIpc) is 3.77. The summed E-state index contributed by atoms with van der Waals surface area (Å²) < 4.78 is 4.90. The van der Waals surface area contributed by atoms with Gasteiger partial charge in [0.15, 0.2) is 0 Å². The van der Waals surface area contributed by atoms with E-state index in [0.717, 1.165) is 90.8 Å². The molecule has 3 atom stereocenters. The van der Waals surface area contributed by atoms with Crippen molar-refractivity contribution in [1.29, 1.82) is 0 Å². The number of methoxy groups -OCH3 is 1. The number of thioether (sulfide) groups is 1. The molecule has 13 heteroatoms. The number of H-pyrrole nitrogens is 1. The van der Waals surface area contributed by atoms with E-state index in [1.54, 1.807) is 12.1 Å². The summed E-state index contributed by atoms with van der Waals surface area (Å²) in [4.78, 5) is 49.1. The van der Waals surface area contributed by atoms with Crippen molar-refractivity contribution in [2.24, 2.45) is 0 Å². The van der Waals surface area contributed by atoms with Crippen LogP contribution in [0.2, 0.25) is 0 Å². The van der Waals surface area contributed by atoms with Gasteiger partial charge in [0.25, 0.3) is 0 Å². The number of carbonyl (C=O) groups excluding carboxylic acids is 3. The molecule has 254 valence electrons. The second-order valence-electron chi connectivity index (χ2n) is 12.4. The van der Waals surface area contributed by atoms with Crippen molar-refractivity contribution in [3.63, 3.8) is 0 Å². The molecular weight excluding hydrogens is 629 g/mol. The fourth-order valence-electron chi connectivity index (χ4n) is 6.42. The van der Waals surface area contributed by atoms with E-state index >= 15 is 0 Å². The van der Waals surface area contributed by atoms with E-state index in [9.17, 15) is 14.4 Å². The highest BCUT2D eigenvalue weighted by molar-refractivity contribution is 8.00. The number of amides is 3. The molecule has 4 heterocycles. The van der Waals surface area contributed by atoms with E-state index in [2.05, 4.69) is 43.7 Å². The number of hydrogen-bond acceptors (Lipinski definition) is 9. The normalized spacial score (nSPS) is 18.4. The number of hydrogen-bond donors (Lipinski definition) is 6. The largest absolute Gasteiger partial charge is 0.465 e. The number of rotatable bonds is 17. The Bertz CT molecular complexity index is 1730. The molecule has 0 radical (unpaired) electrons. The first kappa shape index (κ1) is 33.5. The van der Waals surface area contributed by atoms with Crippen molar-refractivity contribution in [2.75, 3.05) is 44.4 Å². The number of benzene rings is 2. The van der Waals surface area contributed by atoms with Crippen LogP contribution in [0.25, 0.3) is 21.9 Å².